The number of rotatable bonds is 6. The summed E-state index contributed by atoms with van der Waals surface area (Å²) in [7, 11) is 4.91. The number of aryl methyl sites for hydroxylation is 1. The first-order valence-corrected chi connectivity index (χ1v) is 10.3. The molecule has 0 unspecified atom stereocenters. The van der Waals surface area contributed by atoms with E-state index in [9.17, 15) is 5.11 Å². The Balaban J connectivity index is 1.83. The molecule has 0 bridgehead atoms. The van der Waals surface area contributed by atoms with Crippen molar-refractivity contribution in [3.05, 3.63) is 82.2 Å². The van der Waals surface area contributed by atoms with Crippen molar-refractivity contribution in [3.8, 4) is 17.2 Å². The van der Waals surface area contributed by atoms with Crippen LogP contribution in [-0.2, 0) is 13.0 Å². The second kappa shape index (κ2) is 8.96. The highest BCUT2D eigenvalue weighted by molar-refractivity contribution is 5.53. The zero-order valence-corrected chi connectivity index (χ0v) is 18.3. The Labute approximate surface area is 182 Å². The van der Waals surface area contributed by atoms with Crippen LogP contribution in [0.15, 0.2) is 48.7 Å². The molecule has 1 aromatic heterocycles. The molecule has 4 rings (SSSR count). The molecule has 31 heavy (non-hydrogen) atoms. The summed E-state index contributed by atoms with van der Waals surface area (Å²) < 4.78 is 16.5. The molecule has 2 heterocycles. The number of aromatic nitrogens is 1. The molecule has 162 valence electrons. The second-order valence-electron chi connectivity index (χ2n) is 7.75. The number of aliphatic hydroxyl groups excluding tert-OH is 1. The number of methoxy groups -OCH3 is 3. The van der Waals surface area contributed by atoms with Gasteiger partial charge in [-0.3, -0.25) is 10.3 Å². The minimum absolute atomic E-state index is 0.0379. The Kier molecular flexibility index (Phi) is 6.11. The van der Waals surface area contributed by atoms with Crippen LogP contribution >= 0.6 is 0 Å². The summed E-state index contributed by atoms with van der Waals surface area (Å²) in [5, 5.41) is 13.6. The van der Waals surface area contributed by atoms with Crippen molar-refractivity contribution in [2.75, 3.05) is 21.3 Å². The van der Waals surface area contributed by atoms with Gasteiger partial charge in [-0.25, -0.2) is 0 Å². The quantitative estimate of drug-likeness (QED) is 0.631. The summed E-state index contributed by atoms with van der Waals surface area (Å²) in [6.07, 6.45) is 2.68. The molecule has 1 aliphatic heterocycles. The standard InChI is InChI=1S/C25H28N2O4/c1-15-5-7-20(26-13-15)21-10-17-11-23(30-3)24(31-4)12-19(17)25(27-21)16-6-8-22(29-2)18(9-16)14-28/h5-9,11-13,21,25,27-28H,10,14H2,1-4H3/t21-,25-/m1/s1. The van der Waals surface area contributed by atoms with Gasteiger partial charge in [-0.15, -0.1) is 0 Å². The van der Waals surface area contributed by atoms with Crippen molar-refractivity contribution in [1.82, 2.24) is 10.3 Å². The van der Waals surface area contributed by atoms with Gasteiger partial charge in [0.1, 0.15) is 5.75 Å². The third kappa shape index (κ3) is 4.09. The first kappa shape index (κ1) is 21.2. The van der Waals surface area contributed by atoms with Gasteiger partial charge in [0.25, 0.3) is 0 Å². The summed E-state index contributed by atoms with van der Waals surface area (Å²) in [5.74, 6) is 2.07. The molecule has 2 N–H and O–H groups in total. The van der Waals surface area contributed by atoms with E-state index in [1.54, 1.807) is 21.3 Å². The van der Waals surface area contributed by atoms with E-state index < -0.39 is 0 Å². The monoisotopic (exact) mass is 420 g/mol. The van der Waals surface area contributed by atoms with Crippen molar-refractivity contribution in [2.24, 2.45) is 0 Å². The average molecular weight is 421 g/mol. The van der Waals surface area contributed by atoms with Crippen molar-refractivity contribution in [2.45, 2.75) is 32.0 Å². The summed E-state index contributed by atoms with van der Waals surface area (Å²) in [6, 6.07) is 14.1. The van der Waals surface area contributed by atoms with Crippen LogP contribution in [0, 0.1) is 6.92 Å². The Hall–Kier alpha value is -3.09. The van der Waals surface area contributed by atoms with E-state index in [4.69, 9.17) is 14.2 Å². The third-order valence-electron chi connectivity index (χ3n) is 5.85. The van der Waals surface area contributed by atoms with E-state index in [1.807, 2.05) is 37.4 Å². The number of hydrogen-bond acceptors (Lipinski definition) is 6. The molecular formula is C25H28N2O4. The Bertz CT molecular complexity index is 1070. The molecule has 0 aliphatic carbocycles. The van der Waals surface area contributed by atoms with Gasteiger partial charge in [-0.05, 0) is 65.9 Å². The number of ether oxygens (including phenoxy) is 3. The van der Waals surface area contributed by atoms with Crippen LogP contribution in [0.3, 0.4) is 0 Å². The fraction of sp³-hybridized carbons (Fsp3) is 0.320. The zero-order valence-electron chi connectivity index (χ0n) is 18.3. The first-order chi connectivity index (χ1) is 15.1. The number of nitrogens with one attached hydrogen (secondary N) is 1. The number of pyridine rings is 1. The maximum Gasteiger partial charge on any atom is 0.161 e. The summed E-state index contributed by atoms with van der Waals surface area (Å²) in [5.41, 5.74) is 6.21. The fourth-order valence-electron chi connectivity index (χ4n) is 4.20. The van der Waals surface area contributed by atoms with Crippen LogP contribution in [-0.4, -0.2) is 31.4 Å². The van der Waals surface area contributed by atoms with Crippen LogP contribution < -0.4 is 19.5 Å². The minimum atomic E-state index is -0.104. The van der Waals surface area contributed by atoms with E-state index in [0.717, 1.165) is 34.4 Å². The molecule has 0 radical (unpaired) electrons. The lowest BCUT2D eigenvalue weighted by Crippen LogP contribution is -2.34. The molecule has 0 spiro atoms. The molecule has 1 aliphatic rings. The van der Waals surface area contributed by atoms with Crippen LogP contribution in [0.5, 0.6) is 17.2 Å². The van der Waals surface area contributed by atoms with Crippen LogP contribution in [0.1, 0.15) is 45.6 Å². The summed E-state index contributed by atoms with van der Waals surface area (Å²) in [6.45, 7) is 1.94. The first-order valence-electron chi connectivity index (χ1n) is 10.3. The van der Waals surface area contributed by atoms with Gasteiger partial charge in [0, 0.05) is 11.8 Å². The van der Waals surface area contributed by atoms with E-state index in [-0.39, 0.29) is 18.7 Å². The predicted molar refractivity (Wildman–Crippen MR) is 119 cm³/mol. The fourth-order valence-corrected chi connectivity index (χ4v) is 4.20. The number of nitrogens with zero attached hydrogens (tertiary/aromatic N) is 1. The molecule has 3 aromatic rings. The number of hydrogen-bond donors (Lipinski definition) is 2. The van der Waals surface area contributed by atoms with Gasteiger partial charge < -0.3 is 19.3 Å². The lowest BCUT2D eigenvalue weighted by atomic mass is 9.84. The smallest absolute Gasteiger partial charge is 0.161 e. The molecule has 2 aromatic carbocycles. The van der Waals surface area contributed by atoms with E-state index in [0.29, 0.717) is 17.2 Å². The number of aliphatic hydroxyl groups is 1. The maximum atomic E-state index is 9.83. The highest BCUT2D eigenvalue weighted by Crippen LogP contribution is 2.41. The van der Waals surface area contributed by atoms with Gasteiger partial charge >= 0.3 is 0 Å². The number of benzene rings is 2. The predicted octanol–water partition coefficient (Wildman–Crippen LogP) is 3.88. The van der Waals surface area contributed by atoms with Crippen molar-refractivity contribution < 1.29 is 19.3 Å². The minimum Gasteiger partial charge on any atom is -0.496 e. The second-order valence-corrected chi connectivity index (χ2v) is 7.75. The van der Waals surface area contributed by atoms with Crippen molar-refractivity contribution >= 4 is 0 Å². The lowest BCUT2D eigenvalue weighted by Gasteiger charge is -2.34. The number of fused-ring (bicyclic) bond motifs is 1. The molecular weight excluding hydrogens is 392 g/mol. The maximum absolute atomic E-state index is 9.83. The zero-order chi connectivity index (χ0) is 22.0. The van der Waals surface area contributed by atoms with Gasteiger partial charge in [0.2, 0.25) is 0 Å². The van der Waals surface area contributed by atoms with Gasteiger partial charge in [-0.2, -0.15) is 0 Å². The Morgan fingerprint density at radius 2 is 1.71 bits per heavy atom. The molecule has 0 saturated heterocycles. The average Bonchev–Trinajstić information content (AvgIpc) is 2.82. The molecule has 0 saturated carbocycles. The SMILES string of the molecule is COc1ccc([C@H]2N[C@@H](c3ccc(C)cn3)Cc3cc(OC)c(OC)cc32)cc1CO. The van der Waals surface area contributed by atoms with Crippen LogP contribution in [0.4, 0.5) is 0 Å². The van der Waals surface area contributed by atoms with E-state index in [2.05, 4.69) is 28.5 Å². The van der Waals surface area contributed by atoms with Crippen molar-refractivity contribution in [1.29, 1.82) is 0 Å². The topological polar surface area (TPSA) is 72.8 Å². The molecule has 2 atom stereocenters. The highest BCUT2D eigenvalue weighted by atomic mass is 16.5. The molecule has 6 heteroatoms. The van der Waals surface area contributed by atoms with E-state index >= 15 is 0 Å². The third-order valence-corrected chi connectivity index (χ3v) is 5.85. The van der Waals surface area contributed by atoms with Gasteiger partial charge in [0.05, 0.1) is 45.7 Å². The highest BCUT2D eigenvalue weighted by Gasteiger charge is 2.31. The summed E-state index contributed by atoms with van der Waals surface area (Å²) in [4.78, 5) is 4.66. The lowest BCUT2D eigenvalue weighted by molar-refractivity contribution is 0.273. The Morgan fingerprint density at radius 1 is 0.968 bits per heavy atom. The molecule has 0 fully saturated rings. The Morgan fingerprint density at radius 3 is 2.35 bits per heavy atom. The van der Waals surface area contributed by atoms with Gasteiger partial charge in [0.15, 0.2) is 11.5 Å². The molecule has 6 nitrogen and oxygen atoms in total. The molecule has 0 amide bonds. The normalized spacial score (nSPS) is 17.7. The van der Waals surface area contributed by atoms with Crippen LogP contribution in [0.2, 0.25) is 0 Å². The van der Waals surface area contributed by atoms with Crippen LogP contribution in [0.25, 0.3) is 0 Å². The van der Waals surface area contributed by atoms with Crippen molar-refractivity contribution in [3.63, 3.8) is 0 Å². The van der Waals surface area contributed by atoms with Gasteiger partial charge in [-0.1, -0.05) is 12.1 Å². The largest absolute Gasteiger partial charge is 0.496 e. The summed E-state index contributed by atoms with van der Waals surface area (Å²) >= 11 is 0. The van der Waals surface area contributed by atoms with E-state index in [1.165, 1.54) is 5.56 Å².